The Morgan fingerprint density at radius 1 is 1.69 bits per heavy atom. The van der Waals surface area contributed by atoms with E-state index in [9.17, 15) is 4.79 Å². The first-order valence-electron chi connectivity index (χ1n) is 4.54. The largest absolute Gasteiger partial charge is 0.293 e. The summed E-state index contributed by atoms with van der Waals surface area (Å²) >= 11 is 4.99. The molecule has 0 saturated heterocycles. The predicted molar refractivity (Wildman–Crippen MR) is 58.5 cm³/mol. The summed E-state index contributed by atoms with van der Waals surface area (Å²) in [5, 5.41) is 0. The second-order valence-electron chi connectivity index (χ2n) is 3.46. The summed E-state index contributed by atoms with van der Waals surface area (Å²) in [6.45, 7) is 2.13. The number of carbonyl (C=O) groups is 1. The molecule has 0 radical (unpaired) electrons. The summed E-state index contributed by atoms with van der Waals surface area (Å²) in [6, 6.07) is 2.09. The zero-order chi connectivity index (χ0) is 9.42. The van der Waals surface area contributed by atoms with Crippen molar-refractivity contribution < 1.29 is 4.79 Å². The molecule has 1 aliphatic rings. The van der Waals surface area contributed by atoms with Crippen LogP contribution in [-0.2, 0) is 6.42 Å². The molecule has 1 aliphatic carbocycles. The molecule has 0 fully saturated rings. The lowest BCUT2D eigenvalue weighted by molar-refractivity contribution is 0.0933. The van der Waals surface area contributed by atoms with Crippen molar-refractivity contribution in [1.29, 1.82) is 0 Å². The van der Waals surface area contributed by atoms with E-state index in [1.165, 1.54) is 5.56 Å². The molecule has 0 spiro atoms. The van der Waals surface area contributed by atoms with Crippen molar-refractivity contribution >= 4 is 33.0 Å². The number of halogens is 1. The Labute approximate surface area is 90.3 Å². The molecular weight excluding hydrogens is 248 g/mol. The summed E-state index contributed by atoms with van der Waals surface area (Å²) in [7, 11) is 0. The first-order valence-corrected chi connectivity index (χ1v) is 6.15. The van der Waals surface area contributed by atoms with E-state index in [0.717, 1.165) is 27.9 Å². The summed E-state index contributed by atoms with van der Waals surface area (Å²) in [4.78, 5) is 12.8. The van der Waals surface area contributed by atoms with E-state index in [2.05, 4.69) is 28.9 Å². The third kappa shape index (κ3) is 1.59. The van der Waals surface area contributed by atoms with Crippen molar-refractivity contribution in [3.8, 4) is 0 Å². The van der Waals surface area contributed by atoms with E-state index in [0.29, 0.717) is 5.78 Å². The smallest absolute Gasteiger partial charge is 0.176 e. The zero-order valence-corrected chi connectivity index (χ0v) is 9.87. The van der Waals surface area contributed by atoms with Crippen molar-refractivity contribution in [1.82, 2.24) is 0 Å². The van der Waals surface area contributed by atoms with Gasteiger partial charge in [0.15, 0.2) is 5.78 Å². The Bertz CT molecular complexity index is 343. The van der Waals surface area contributed by atoms with Crippen molar-refractivity contribution in [2.75, 3.05) is 0 Å². The van der Waals surface area contributed by atoms with Crippen LogP contribution in [0.4, 0.5) is 0 Å². The van der Waals surface area contributed by atoms with E-state index < -0.39 is 0 Å². The molecule has 0 N–H and O–H groups in total. The fourth-order valence-electron chi connectivity index (χ4n) is 1.88. The van der Waals surface area contributed by atoms with Gasteiger partial charge in [-0.15, -0.1) is 11.3 Å². The van der Waals surface area contributed by atoms with Crippen LogP contribution in [0.15, 0.2) is 9.85 Å². The van der Waals surface area contributed by atoms with Gasteiger partial charge in [-0.2, -0.15) is 0 Å². The molecule has 70 valence electrons. The number of thiophene rings is 1. The molecule has 1 aromatic rings. The van der Waals surface area contributed by atoms with Crippen LogP contribution in [0, 0.1) is 5.92 Å². The number of rotatable bonds is 2. The average molecular weight is 259 g/mol. The highest BCUT2D eigenvalue weighted by molar-refractivity contribution is 9.11. The lowest BCUT2D eigenvalue weighted by Crippen LogP contribution is -2.07. The topological polar surface area (TPSA) is 17.1 Å². The Morgan fingerprint density at radius 3 is 3.08 bits per heavy atom. The first-order chi connectivity index (χ1) is 6.22. The molecule has 0 aliphatic heterocycles. The summed E-state index contributed by atoms with van der Waals surface area (Å²) < 4.78 is 1.08. The van der Waals surface area contributed by atoms with Gasteiger partial charge in [-0.05, 0) is 40.4 Å². The van der Waals surface area contributed by atoms with Gasteiger partial charge in [0.25, 0.3) is 0 Å². The van der Waals surface area contributed by atoms with Crippen LogP contribution < -0.4 is 0 Å². The Balaban J connectivity index is 2.25. The molecule has 0 saturated carbocycles. The van der Waals surface area contributed by atoms with Gasteiger partial charge in [0, 0.05) is 5.92 Å². The number of ketones is 1. The number of hydrogen-bond acceptors (Lipinski definition) is 2. The molecule has 1 atom stereocenters. The van der Waals surface area contributed by atoms with Crippen LogP contribution >= 0.6 is 27.3 Å². The van der Waals surface area contributed by atoms with Crippen LogP contribution in [0.3, 0.4) is 0 Å². The minimum Gasteiger partial charge on any atom is -0.293 e. The van der Waals surface area contributed by atoms with Crippen LogP contribution in [-0.4, -0.2) is 5.78 Å². The Morgan fingerprint density at radius 2 is 2.46 bits per heavy atom. The number of fused-ring (bicyclic) bond motifs is 1. The fraction of sp³-hybridized carbons (Fsp3) is 0.500. The van der Waals surface area contributed by atoms with E-state index in [4.69, 9.17) is 0 Å². The third-order valence-electron chi connectivity index (χ3n) is 2.48. The standard InChI is InChI=1S/C10H11BrOS/c1-2-3-6-4-7-5-8(11)13-10(7)9(6)12/h5-6H,2-4H2,1H3. The highest BCUT2D eigenvalue weighted by Gasteiger charge is 2.31. The van der Waals surface area contributed by atoms with E-state index in [-0.39, 0.29) is 5.92 Å². The molecule has 1 nitrogen and oxygen atoms in total. The van der Waals surface area contributed by atoms with E-state index >= 15 is 0 Å². The van der Waals surface area contributed by atoms with Gasteiger partial charge < -0.3 is 0 Å². The summed E-state index contributed by atoms with van der Waals surface area (Å²) in [6.07, 6.45) is 3.11. The van der Waals surface area contributed by atoms with Crippen LogP contribution in [0.1, 0.15) is 35.0 Å². The van der Waals surface area contributed by atoms with Crippen molar-refractivity contribution in [3.63, 3.8) is 0 Å². The molecule has 3 heteroatoms. The van der Waals surface area contributed by atoms with Gasteiger partial charge in [0.1, 0.15) is 0 Å². The molecular formula is C10H11BrOS. The molecule has 1 aromatic heterocycles. The van der Waals surface area contributed by atoms with Gasteiger partial charge in [-0.3, -0.25) is 4.79 Å². The second kappa shape index (κ2) is 3.54. The lowest BCUT2D eigenvalue weighted by atomic mass is 10.0. The maximum Gasteiger partial charge on any atom is 0.176 e. The molecule has 0 bridgehead atoms. The van der Waals surface area contributed by atoms with Crippen molar-refractivity contribution in [3.05, 3.63) is 20.3 Å². The van der Waals surface area contributed by atoms with Gasteiger partial charge in [-0.25, -0.2) is 0 Å². The molecule has 0 aromatic carbocycles. The van der Waals surface area contributed by atoms with Gasteiger partial charge in [0.05, 0.1) is 8.66 Å². The van der Waals surface area contributed by atoms with Gasteiger partial charge in [0.2, 0.25) is 0 Å². The lowest BCUT2D eigenvalue weighted by Gasteiger charge is -2.04. The molecule has 1 heterocycles. The second-order valence-corrected chi connectivity index (χ2v) is 5.89. The highest BCUT2D eigenvalue weighted by Crippen LogP contribution is 2.37. The summed E-state index contributed by atoms with van der Waals surface area (Å²) in [5.41, 5.74) is 1.25. The zero-order valence-electron chi connectivity index (χ0n) is 7.47. The Kier molecular flexibility index (Phi) is 2.56. The third-order valence-corrected chi connectivity index (χ3v) is 4.17. The maximum atomic E-state index is 11.8. The predicted octanol–water partition coefficient (Wildman–Crippen LogP) is 3.67. The van der Waals surface area contributed by atoms with Gasteiger partial charge >= 0.3 is 0 Å². The average Bonchev–Trinajstić information content (AvgIpc) is 2.54. The SMILES string of the molecule is CCCC1Cc2cc(Br)sc2C1=O. The fourth-order valence-corrected chi connectivity index (χ4v) is 3.58. The number of hydrogen-bond donors (Lipinski definition) is 0. The molecule has 0 amide bonds. The van der Waals surface area contributed by atoms with Crippen LogP contribution in [0.2, 0.25) is 0 Å². The molecule has 2 rings (SSSR count). The maximum absolute atomic E-state index is 11.8. The van der Waals surface area contributed by atoms with E-state index in [1.54, 1.807) is 11.3 Å². The first kappa shape index (κ1) is 9.41. The van der Waals surface area contributed by atoms with E-state index in [1.807, 2.05) is 0 Å². The summed E-state index contributed by atoms with van der Waals surface area (Å²) in [5.74, 6) is 0.645. The van der Waals surface area contributed by atoms with Crippen LogP contribution in [0.5, 0.6) is 0 Å². The molecule has 13 heavy (non-hydrogen) atoms. The normalized spacial score (nSPS) is 20.8. The monoisotopic (exact) mass is 258 g/mol. The minimum absolute atomic E-state index is 0.277. The number of Topliss-reactive ketones (excluding diaryl/α,β-unsaturated/α-hetero) is 1. The quantitative estimate of drug-likeness (QED) is 0.792. The molecule has 1 unspecified atom stereocenters. The minimum atomic E-state index is 0.277. The number of carbonyl (C=O) groups excluding carboxylic acids is 1. The highest BCUT2D eigenvalue weighted by atomic mass is 79.9. The van der Waals surface area contributed by atoms with Crippen molar-refractivity contribution in [2.45, 2.75) is 26.2 Å². The van der Waals surface area contributed by atoms with Crippen LogP contribution in [0.25, 0.3) is 0 Å². The van der Waals surface area contributed by atoms with Gasteiger partial charge in [-0.1, -0.05) is 13.3 Å². The Hall–Kier alpha value is -0.150. The van der Waals surface area contributed by atoms with Crippen molar-refractivity contribution in [2.24, 2.45) is 5.92 Å².